The summed E-state index contributed by atoms with van der Waals surface area (Å²) in [4.78, 5) is 16.9. The molecule has 0 aromatic heterocycles. The SMILES string of the molecule is CC(C)C(=O)N(C)c1cccc(C2CCN(C[C@H](Cc3cccc(Cl)c3)c3ccccc3)CC2)c1. The third kappa shape index (κ3) is 6.74. The fraction of sp³-hybridized carbons (Fsp3) is 0.387. The molecule has 3 aromatic rings. The molecule has 3 nitrogen and oxygen atoms in total. The first-order valence-corrected chi connectivity index (χ1v) is 13.2. The van der Waals surface area contributed by atoms with E-state index in [2.05, 4.69) is 65.6 Å². The maximum Gasteiger partial charge on any atom is 0.229 e. The Morgan fingerprint density at radius 2 is 1.69 bits per heavy atom. The molecule has 4 rings (SSSR count). The fourth-order valence-electron chi connectivity index (χ4n) is 5.22. The van der Waals surface area contributed by atoms with Crippen molar-refractivity contribution in [2.45, 2.75) is 44.9 Å². The highest BCUT2D eigenvalue weighted by molar-refractivity contribution is 6.30. The highest BCUT2D eigenvalue weighted by Gasteiger charge is 2.24. The van der Waals surface area contributed by atoms with Gasteiger partial charge in [-0.15, -0.1) is 0 Å². The second-order valence-electron chi connectivity index (χ2n) is 10.2. The number of nitrogens with zero attached hydrogens (tertiary/aromatic N) is 2. The number of hydrogen-bond donors (Lipinski definition) is 0. The number of halogens is 1. The highest BCUT2D eigenvalue weighted by atomic mass is 35.5. The van der Waals surface area contributed by atoms with Gasteiger partial charge in [0, 0.05) is 36.1 Å². The quantitative estimate of drug-likeness (QED) is 0.335. The number of anilines is 1. The third-order valence-electron chi connectivity index (χ3n) is 7.26. The van der Waals surface area contributed by atoms with Crippen molar-refractivity contribution in [2.24, 2.45) is 5.92 Å². The lowest BCUT2D eigenvalue weighted by Gasteiger charge is -2.35. The van der Waals surface area contributed by atoms with Gasteiger partial charge < -0.3 is 9.80 Å². The Labute approximate surface area is 215 Å². The Morgan fingerprint density at radius 1 is 0.971 bits per heavy atom. The molecule has 0 unspecified atom stereocenters. The van der Waals surface area contributed by atoms with Crippen LogP contribution in [-0.4, -0.2) is 37.5 Å². The summed E-state index contributed by atoms with van der Waals surface area (Å²) < 4.78 is 0. The molecule has 1 amide bonds. The monoisotopic (exact) mass is 488 g/mol. The van der Waals surface area contributed by atoms with Crippen molar-refractivity contribution < 1.29 is 4.79 Å². The second-order valence-corrected chi connectivity index (χ2v) is 10.6. The Kier molecular flexibility index (Phi) is 8.64. The van der Waals surface area contributed by atoms with Crippen LogP contribution in [0.25, 0.3) is 0 Å². The number of amides is 1. The van der Waals surface area contributed by atoms with E-state index in [9.17, 15) is 4.79 Å². The first kappa shape index (κ1) is 25.5. The Balaban J connectivity index is 1.41. The van der Waals surface area contributed by atoms with Gasteiger partial charge in [0.15, 0.2) is 0 Å². The summed E-state index contributed by atoms with van der Waals surface area (Å²) in [5.41, 5.74) is 5.02. The van der Waals surface area contributed by atoms with Gasteiger partial charge in [0.2, 0.25) is 5.91 Å². The van der Waals surface area contributed by atoms with E-state index in [0.29, 0.717) is 11.8 Å². The molecule has 1 saturated heterocycles. The topological polar surface area (TPSA) is 23.6 Å². The van der Waals surface area contributed by atoms with Gasteiger partial charge in [0.05, 0.1) is 0 Å². The summed E-state index contributed by atoms with van der Waals surface area (Å²) in [7, 11) is 1.88. The molecule has 35 heavy (non-hydrogen) atoms. The van der Waals surface area contributed by atoms with Gasteiger partial charge in [0.25, 0.3) is 0 Å². The number of likely N-dealkylation sites (tertiary alicyclic amines) is 1. The van der Waals surface area contributed by atoms with Crippen molar-refractivity contribution in [3.8, 4) is 0 Å². The molecule has 4 heteroatoms. The van der Waals surface area contributed by atoms with Crippen LogP contribution in [0, 0.1) is 5.92 Å². The van der Waals surface area contributed by atoms with Crippen LogP contribution in [0.5, 0.6) is 0 Å². The van der Waals surface area contributed by atoms with Crippen LogP contribution >= 0.6 is 11.6 Å². The standard InChI is InChI=1S/C31H37ClN2O/c1-23(2)31(35)33(3)30-14-8-12-27(21-30)26-15-17-34(18-16-26)22-28(25-10-5-4-6-11-25)19-24-9-7-13-29(32)20-24/h4-14,20-21,23,26,28H,15-19,22H2,1-3H3/t28-/m0/s1. The van der Waals surface area contributed by atoms with E-state index in [4.69, 9.17) is 11.6 Å². The molecular formula is C31H37ClN2O. The second kappa shape index (κ2) is 11.9. The minimum absolute atomic E-state index is 0.00336. The van der Waals surface area contributed by atoms with Crippen LogP contribution in [0.1, 0.15) is 55.2 Å². The van der Waals surface area contributed by atoms with Crippen LogP contribution < -0.4 is 4.90 Å². The van der Waals surface area contributed by atoms with Crippen LogP contribution in [0.15, 0.2) is 78.9 Å². The minimum Gasteiger partial charge on any atom is -0.315 e. The molecule has 0 saturated carbocycles. The molecule has 0 spiro atoms. The van der Waals surface area contributed by atoms with Crippen LogP contribution in [0.3, 0.4) is 0 Å². The lowest BCUT2D eigenvalue weighted by Crippen LogP contribution is -2.36. The number of benzene rings is 3. The number of carbonyl (C=O) groups is 1. The predicted molar refractivity (Wildman–Crippen MR) is 147 cm³/mol. The fourth-order valence-corrected chi connectivity index (χ4v) is 5.44. The van der Waals surface area contributed by atoms with Crippen molar-refractivity contribution in [3.63, 3.8) is 0 Å². The van der Waals surface area contributed by atoms with Gasteiger partial charge in [-0.2, -0.15) is 0 Å². The maximum absolute atomic E-state index is 12.5. The van der Waals surface area contributed by atoms with Gasteiger partial charge in [-0.1, -0.05) is 80.0 Å². The molecule has 1 heterocycles. The number of rotatable bonds is 8. The first-order chi connectivity index (χ1) is 16.9. The Bertz CT molecular complexity index is 1110. The van der Waals surface area contributed by atoms with Crippen molar-refractivity contribution in [1.29, 1.82) is 0 Å². The van der Waals surface area contributed by atoms with Crippen LogP contribution in [0.4, 0.5) is 5.69 Å². The van der Waals surface area contributed by atoms with Crippen molar-refractivity contribution >= 4 is 23.2 Å². The summed E-state index contributed by atoms with van der Waals surface area (Å²) in [5.74, 6) is 1.13. The summed E-state index contributed by atoms with van der Waals surface area (Å²) >= 11 is 6.27. The Hall–Kier alpha value is -2.62. The molecule has 0 aliphatic carbocycles. The normalized spacial score (nSPS) is 15.8. The van der Waals surface area contributed by atoms with Gasteiger partial charge >= 0.3 is 0 Å². The molecule has 0 N–H and O–H groups in total. The third-order valence-corrected chi connectivity index (χ3v) is 7.50. The zero-order valence-electron chi connectivity index (χ0n) is 21.2. The summed E-state index contributed by atoms with van der Waals surface area (Å²) in [5, 5.41) is 0.804. The predicted octanol–water partition coefficient (Wildman–Crippen LogP) is 7.16. The molecule has 184 valence electrons. The van der Waals surface area contributed by atoms with Gasteiger partial charge in [-0.25, -0.2) is 0 Å². The van der Waals surface area contributed by atoms with E-state index in [-0.39, 0.29) is 11.8 Å². The van der Waals surface area contributed by atoms with Crippen molar-refractivity contribution in [1.82, 2.24) is 4.90 Å². The van der Waals surface area contributed by atoms with Crippen LogP contribution in [-0.2, 0) is 11.2 Å². The van der Waals surface area contributed by atoms with E-state index in [1.165, 1.54) is 16.7 Å². The van der Waals surface area contributed by atoms with E-state index >= 15 is 0 Å². The molecule has 1 fully saturated rings. The molecule has 3 aromatic carbocycles. The lowest BCUT2D eigenvalue weighted by molar-refractivity contribution is -0.121. The maximum atomic E-state index is 12.5. The summed E-state index contributed by atoms with van der Waals surface area (Å²) in [6.07, 6.45) is 3.27. The van der Waals surface area contributed by atoms with E-state index in [1.54, 1.807) is 4.90 Å². The molecule has 1 atom stereocenters. The van der Waals surface area contributed by atoms with E-state index < -0.39 is 0 Å². The first-order valence-electron chi connectivity index (χ1n) is 12.8. The zero-order valence-corrected chi connectivity index (χ0v) is 21.9. The lowest BCUT2D eigenvalue weighted by atomic mass is 9.87. The van der Waals surface area contributed by atoms with Crippen molar-refractivity contribution in [2.75, 3.05) is 31.6 Å². The number of piperidine rings is 1. The Morgan fingerprint density at radius 3 is 2.37 bits per heavy atom. The van der Waals surface area contributed by atoms with Gasteiger partial charge in [-0.3, -0.25) is 4.79 Å². The molecule has 1 aliphatic rings. The molecule has 1 aliphatic heterocycles. The summed E-state index contributed by atoms with van der Waals surface area (Å²) in [6.45, 7) is 7.14. The highest BCUT2D eigenvalue weighted by Crippen LogP contribution is 2.32. The van der Waals surface area contributed by atoms with E-state index in [1.807, 2.05) is 39.1 Å². The zero-order chi connectivity index (χ0) is 24.8. The molecule has 0 bridgehead atoms. The van der Waals surface area contributed by atoms with E-state index in [0.717, 1.165) is 49.6 Å². The number of carbonyl (C=O) groups excluding carboxylic acids is 1. The summed E-state index contributed by atoms with van der Waals surface area (Å²) in [6, 6.07) is 27.7. The average molecular weight is 489 g/mol. The van der Waals surface area contributed by atoms with Crippen LogP contribution in [0.2, 0.25) is 5.02 Å². The largest absolute Gasteiger partial charge is 0.315 e. The average Bonchev–Trinajstić information content (AvgIpc) is 2.88. The molecule has 0 radical (unpaired) electrons. The van der Waals surface area contributed by atoms with Crippen molar-refractivity contribution in [3.05, 3.63) is 101 Å². The smallest absolute Gasteiger partial charge is 0.229 e. The minimum atomic E-state index is -0.00336. The van der Waals surface area contributed by atoms with Gasteiger partial charge in [-0.05, 0) is 79.2 Å². The number of hydrogen-bond acceptors (Lipinski definition) is 2. The van der Waals surface area contributed by atoms with Gasteiger partial charge in [0.1, 0.15) is 0 Å². The molecular weight excluding hydrogens is 452 g/mol.